The van der Waals surface area contributed by atoms with Crippen molar-refractivity contribution in [3.8, 4) is 0 Å². The minimum absolute atomic E-state index is 0.0469. The van der Waals surface area contributed by atoms with Crippen LogP contribution in [-0.2, 0) is 0 Å². The van der Waals surface area contributed by atoms with Gasteiger partial charge in [-0.1, -0.05) is 28.1 Å². The molecule has 15 heavy (non-hydrogen) atoms. The number of halogens is 1. The van der Waals surface area contributed by atoms with E-state index in [2.05, 4.69) is 15.9 Å². The molecule has 0 fully saturated rings. The molecule has 0 radical (unpaired) electrons. The smallest absolute Gasteiger partial charge is 0.335 e. The van der Waals surface area contributed by atoms with E-state index in [1.807, 2.05) is 0 Å². The highest BCUT2D eigenvalue weighted by Crippen LogP contribution is 2.13. The summed E-state index contributed by atoms with van der Waals surface area (Å²) < 4.78 is 0. The first-order chi connectivity index (χ1) is 7.06. The zero-order valence-corrected chi connectivity index (χ0v) is 9.87. The van der Waals surface area contributed by atoms with Gasteiger partial charge in [0.05, 0.1) is 5.56 Å². The lowest BCUT2D eigenvalue weighted by atomic mass is 10.0. The molecule has 1 aromatic carbocycles. The minimum Gasteiger partial charge on any atom is -0.478 e. The average molecular weight is 271 g/mol. The highest BCUT2D eigenvalue weighted by molar-refractivity contribution is 9.09. The van der Waals surface area contributed by atoms with E-state index in [-0.39, 0.29) is 11.3 Å². The summed E-state index contributed by atoms with van der Waals surface area (Å²) in [5, 5.41) is 9.47. The third kappa shape index (κ3) is 2.89. The third-order valence-electron chi connectivity index (χ3n) is 2.11. The second-order valence-electron chi connectivity index (χ2n) is 3.20. The maximum atomic E-state index is 11.5. The van der Waals surface area contributed by atoms with Gasteiger partial charge in [-0.25, -0.2) is 4.79 Å². The van der Waals surface area contributed by atoms with Crippen molar-refractivity contribution >= 4 is 27.7 Å². The molecule has 1 aromatic rings. The molecular weight excluding hydrogens is 260 g/mol. The molecule has 0 aliphatic carbocycles. The molecule has 0 spiro atoms. The van der Waals surface area contributed by atoms with Crippen molar-refractivity contribution in [2.24, 2.45) is 0 Å². The molecule has 0 unspecified atom stereocenters. The van der Waals surface area contributed by atoms with Crippen molar-refractivity contribution < 1.29 is 14.7 Å². The van der Waals surface area contributed by atoms with E-state index in [1.54, 1.807) is 19.1 Å². The Morgan fingerprint density at radius 2 is 2.07 bits per heavy atom. The fourth-order valence-corrected chi connectivity index (χ4v) is 1.62. The van der Waals surface area contributed by atoms with Gasteiger partial charge >= 0.3 is 5.97 Å². The molecule has 80 valence electrons. The van der Waals surface area contributed by atoms with Crippen LogP contribution in [0, 0.1) is 6.92 Å². The van der Waals surface area contributed by atoms with E-state index in [0.29, 0.717) is 22.9 Å². The SMILES string of the molecule is Cc1ccc(C(=O)CCBr)cc1C(=O)O. The molecule has 0 amide bonds. The van der Waals surface area contributed by atoms with Crippen molar-refractivity contribution in [3.63, 3.8) is 0 Å². The first-order valence-corrected chi connectivity index (χ1v) is 5.61. The summed E-state index contributed by atoms with van der Waals surface area (Å²) in [7, 11) is 0. The summed E-state index contributed by atoms with van der Waals surface area (Å²) in [6, 6.07) is 4.75. The predicted molar refractivity (Wildman–Crippen MR) is 60.9 cm³/mol. The van der Waals surface area contributed by atoms with Crippen LogP contribution < -0.4 is 0 Å². The molecule has 0 aliphatic rings. The van der Waals surface area contributed by atoms with E-state index in [9.17, 15) is 9.59 Å². The van der Waals surface area contributed by atoms with Gasteiger partial charge in [-0.05, 0) is 18.6 Å². The molecule has 0 heterocycles. The standard InChI is InChI=1S/C11H11BrO3/c1-7-2-3-8(10(13)4-5-12)6-9(7)11(14)15/h2-3,6H,4-5H2,1H3,(H,14,15). The zero-order chi connectivity index (χ0) is 11.4. The van der Waals surface area contributed by atoms with E-state index >= 15 is 0 Å². The van der Waals surface area contributed by atoms with Crippen molar-refractivity contribution in [1.82, 2.24) is 0 Å². The first kappa shape index (κ1) is 11.9. The number of carboxylic acids is 1. The number of rotatable bonds is 4. The van der Waals surface area contributed by atoms with Gasteiger partial charge in [0.15, 0.2) is 5.78 Å². The number of aryl methyl sites for hydroxylation is 1. The topological polar surface area (TPSA) is 54.4 Å². The fraction of sp³-hybridized carbons (Fsp3) is 0.273. The zero-order valence-electron chi connectivity index (χ0n) is 8.29. The first-order valence-electron chi connectivity index (χ1n) is 4.49. The second kappa shape index (κ2) is 5.07. The Morgan fingerprint density at radius 1 is 1.40 bits per heavy atom. The molecule has 0 atom stereocenters. The van der Waals surface area contributed by atoms with Crippen molar-refractivity contribution in [2.75, 3.05) is 5.33 Å². The molecular formula is C11H11BrO3. The van der Waals surface area contributed by atoms with Gasteiger partial charge < -0.3 is 5.11 Å². The average Bonchev–Trinajstić information content (AvgIpc) is 2.18. The number of Topliss-reactive ketones (excluding diaryl/α,β-unsaturated/α-hetero) is 1. The number of hydrogen-bond donors (Lipinski definition) is 1. The van der Waals surface area contributed by atoms with Gasteiger partial charge in [-0.3, -0.25) is 4.79 Å². The quantitative estimate of drug-likeness (QED) is 0.676. The molecule has 0 bridgehead atoms. The van der Waals surface area contributed by atoms with Crippen LogP contribution in [0.2, 0.25) is 0 Å². The predicted octanol–water partition coefficient (Wildman–Crippen LogP) is 2.66. The Labute approximate surface area is 96.2 Å². The largest absolute Gasteiger partial charge is 0.478 e. The molecule has 0 saturated carbocycles. The molecule has 0 saturated heterocycles. The lowest BCUT2D eigenvalue weighted by Gasteiger charge is -2.03. The van der Waals surface area contributed by atoms with Gasteiger partial charge in [-0.15, -0.1) is 0 Å². The van der Waals surface area contributed by atoms with Crippen LogP contribution in [0.3, 0.4) is 0 Å². The Bertz CT molecular complexity index is 399. The Kier molecular flexibility index (Phi) is 4.03. The van der Waals surface area contributed by atoms with Crippen LogP contribution in [0.5, 0.6) is 0 Å². The number of carboxylic acid groups (broad SMARTS) is 1. The van der Waals surface area contributed by atoms with Gasteiger partial charge in [0, 0.05) is 17.3 Å². The summed E-state index contributed by atoms with van der Waals surface area (Å²) in [6.07, 6.45) is 0.377. The second-order valence-corrected chi connectivity index (χ2v) is 3.99. The van der Waals surface area contributed by atoms with Gasteiger partial charge in [-0.2, -0.15) is 0 Å². The van der Waals surface area contributed by atoms with Crippen LogP contribution in [-0.4, -0.2) is 22.2 Å². The molecule has 0 aliphatic heterocycles. The van der Waals surface area contributed by atoms with E-state index in [0.717, 1.165) is 0 Å². The molecule has 4 heteroatoms. The summed E-state index contributed by atoms with van der Waals surface area (Å²) >= 11 is 3.17. The number of benzene rings is 1. The summed E-state index contributed by atoms with van der Waals surface area (Å²) in [5.74, 6) is -1.05. The number of aromatic carboxylic acids is 1. The van der Waals surface area contributed by atoms with Crippen LogP contribution in [0.4, 0.5) is 0 Å². The lowest BCUT2D eigenvalue weighted by Crippen LogP contribution is -2.05. The molecule has 1 N–H and O–H groups in total. The fourth-order valence-electron chi connectivity index (χ4n) is 1.26. The van der Waals surface area contributed by atoms with E-state index in [1.165, 1.54) is 6.07 Å². The monoisotopic (exact) mass is 270 g/mol. The van der Waals surface area contributed by atoms with E-state index < -0.39 is 5.97 Å². The van der Waals surface area contributed by atoms with Crippen LogP contribution in [0.1, 0.15) is 32.7 Å². The van der Waals surface area contributed by atoms with Crippen LogP contribution in [0.25, 0.3) is 0 Å². The molecule has 3 nitrogen and oxygen atoms in total. The Morgan fingerprint density at radius 3 is 2.60 bits per heavy atom. The number of carbonyl (C=O) groups is 2. The third-order valence-corrected chi connectivity index (χ3v) is 2.51. The van der Waals surface area contributed by atoms with Gasteiger partial charge in [0.1, 0.15) is 0 Å². The number of carbonyl (C=O) groups excluding carboxylic acids is 1. The normalized spacial score (nSPS) is 10.0. The molecule has 1 rings (SSSR count). The highest BCUT2D eigenvalue weighted by atomic mass is 79.9. The summed E-state index contributed by atoms with van der Waals surface area (Å²) in [6.45, 7) is 1.71. The molecule has 0 aromatic heterocycles. The van der Waals surface area contributed by atoms with Crippen molar-refractivity contribution in [2.45, 2.75) is 13.3 Å². The van der Waals surface area contributed by atoms with Crippen molar-refractivity contribution in [3.05, 3.63) is 34.9 Å². The summed E-state index contributed by atoms with van der Waals surface area (Å²) in [4.78, 5) is 22.3. The van der Waals surface area contributed by atoms with Crippen LogP contribution >= 0.6 is 15.9 Å². The highest BCUT2D eigenvalue weighted by Gasteiger charge is 2.11. The van der Waals surface area contributed by atoms with Crippen LogP contribution in [0.15, 0.2) is 18.2 Å². The number of hydrogen-bond acceptors (Lipinski definition) is 2. The Hall–Kier alpha value is -1.16. The van der Waals surface area contributed by atoms with Gasteiger partial charge in [0.2, 0.25) is 0 Å². The maximum absolute atomic E-state index is 11.5. The van der Waals surface area contributed by atoms with Gasteiger partial charge in [0.25, 0.3) is 0 Å². The van der Waals surface area contributed by atoms with Crippen molar-refractivity contribution in [1.29, 1.82) is 0 Å². The Balaban J connectivity index is 3.07. The number of alkyl halides is 1. The maximum Gasteiger partial charge on any atom is 0.335 e. The van der Waals surface area contributed by atoms with E-state index in [4.69, 9.17) is 5.11 Å². The minimum atomic E-state index is -0.999. The lowest BCUT2D eigenvalue weighted by molar-refractivity contribution is 0.0696. The number of ketones is 1. The summed E-state index contributed by atoms with van der Waals surface area (Å²) in [5.41, 5.74) is 1.31.